The summed E-state index contributed by atoms with van der Waals surface area (Å²) in [4.78, 5) is 2.54. The first-order valence-electron chi connectivity index (χ1n) is 8.17. The third-order valence-electron chi connectivity index (χ3n) is 4.21. The summed E-state index contributed by atoms with van der Waals surface area (Å²) in [5.41, 5.74) is 7.57. The number of nitrogens with zero attached hydrogens (tertiary/aromatic N) is 1. The van der Waals surface area contributed by atoms with Gasteiger partial charge in [0, 0.05) is 25.0 Å². The Kier molecular flexibility index (Phi) is 4.66. The topological polar surface area (TPSA) is 47.7 Å². The molecule has 1 saturated carbocycles. The van der Waals surface area contributed by atoms with Crippen LogP contribution in [0.1, 0.15) is 44.2 Å². The second-order valence-electron chi connectivity index (χ2n) is 6.09. The van der Waals surface area contributed by atoms with Gasteiger partial charge < -0.3 is 15.2 Å². The third kappa shape index (κ3) is 3.69. The number of rotatable bonds is 6. The van der Waals surface area contributed by atoms with Crippen molar-refractivity contribution in [3.8, 4) is 11.5 Å². The van der Waals surface area contributed by atoms with Gasteiger partial charge in [-0.3, -0.25) is 4.90 Å². The molecule has 0 radical (unpaired) electrons. The van der Waals surface area contributed by atoms with E-state index in [9.17, 15) is 0 Å². The average Bonchev–Trinajstić information content (AvgIpc) is 3.32. The van der Waals surface area contributed by atoms with E-state index in [0.29, 0.717) is 0 Å². The van der Waals surface area contributed by atoms with Crippen molar-refractivity contribution in [2.24, 2.45) is 5.73 Å². The molecule has 1 fully saturated rings. The van der Waals surface area contributed by atoms with Crippen LogP contribution in [0.5, 0.6) is 11.5 Å². The van der Waals surface area contributed by atoms with Gasteiger partial charge in [0.05, 0.1) is 13.2 Å². The summed E-state index contributed by atoms with van der Waals surface area (Å²) < 4.78 is 11.4. The quantitative estimate of drug-likeness (QED) is 0.875. The SMILES string of the molecule is CCCN(CC(N)c1ccc2c(c1)OCCCO2)C1CC1. The molecule has 0 aromatic heterocycles. The predicted octanol–water partition coefficient (Wildman–Crippen LogP) is 2.72. The highest BCUT2D eigenvalue weighted by Crippen LogP contribution is 2.33. The van der Waals surface area contributed by atoms with E-state index in [4.69, 9.17) is 15.2 Å². The average molecular weight is 290 g/mol. The summed E-state index contributed by atoms with van der Waals surface area (Å²) in [6.07, 6.45) is 4.77. The van der Waals surface area contributed by atoms with Crippen LogP contribution in [0.3, 0.4) is 0 Å². The fourth-order valence-corrected chi connectivity index (χ4v) is 2.92. The largest absolute Gasteiger partial charge is 0.490 e. The summed E-state index contributed by atoms with van der Waals surface area (Å²) >= 11 is 0. The zero-order valence-electron chi connectivity index (χ0n) is 12.9. The molecule has 1 aromatic carbocycles. The van der Waals surface area contributed by atoms with Gasteiger partial charge in [-0.15, -0.1) is 0 Å². The minimum Gasteiger partial charge on any atom is -0.490 e. The number of nitrogens with two attached hydrogens (primary N) is 1. The Morgan fingerprint density at radius 1 is 1.24 bits per heavy atom. The van der Waals surface area contributed by atoms with Gasteiger partial charge >= 0.3 is 0 Å². The maximum absolute atomic E-state index is 6.43. The molecule has 0 saturated heterocycles. The van der Waals surface area contributed by atoms with Crippen molar-refractivity contribution in [3.63, 3.8) is 0 Å². The molecule has 1 unspecified atom stereocenters. The van der Waals surface area contributed by atoms with Gasteiger partial charge in [0.15, 0.2) is 11.5 Å². The minimum atomic E-state index is 0.0364. The van der Waals surface area contributed by atoms with Crippen molar-refractivity contribution in [1.82, 2.24) is 4.90 Å². The van der Waals surface area contributed by atoms with Crippen LogP contribution in [0.2, 0.25) is 0 Å². The fraction of sp³-hybridized carbons (Fsp3) is 0.647. The summed E-state index contributed by atoms with van der Waals surface area (Å²) in [6, 6.07) is 6.93. The molecule has 116 valence electrons. The van der Waals surface area contributed by atoms with E-state index in [-0.39, 0.29) is 6.04 Å². The molecular weight excluding hydrogens is 264 g/mol. The second-order valence-corrected chi connectivity index (χ2v) is 6.09. The summed E-state index contributed by atoms with van der Waals surface area (Å²) in [7, 11) is 0. The molecule has 1 atom stereocenters. The van der Waals surface area contributed by atoms with Crippen LogP contribution < -0.4 is 15.2 Å². The van der Waals surface area contributed by atoms with Crippen LogP contribution >= 0.6 is 0 Å². The molecule has 3 rings (SSSR count). The first-order chi connectivity index (χ1) is 10.3. The summed E-state index contributed by atoms with van der Waals surface area (Å²) in [6.45, 7) is 5.75. The van der Waals surface area contributed by atoms with Crippen LogP contribution in [0.4, 0.5) is 0 Å². The molecule has 1 heterocycles. The maximum atomic E-state index is 6.43. The Labute approximate surface area is 127 Å². The number of fused-ring (bicyclic) bond motifs is 1. The van der Waals surface area contributed by atoms with E-state index in [1.54, 1.807) is 0 Å². The van der Waals surface area contributed by atoms with Crippen LogP contribution in [-0.2, 0) is 0 Å². The van der Waals surface area contributed by atoms with Gasteiger partial charge in [0.1, 0.15) is 0 Å². The van der Waals surface area contributed by atoms with Gasteiger partial charge in [-0.05, 0) is 43.5 Å². The standard InChI is InChI=1S/C17H26N2O2/c1-2-8-19(14-5-6-14)12-15(18)13-4-7-16-17(11-13)21-10-3-9-20-16/h4,7,11,14-15H,2-3,5-6,8-10,12,18H2,1H3. The highest BCUT2D eigenvalue weighted by atomic mass is 16.5. The molecule has 2 N–H and O–H groups in total. The molecule has 1 aliphatic heterocycles. The van der Waals surface area contributed by atoms with E-state index in [1.165, 1.54) is 19.3 Å². The van der Waals surface area contributed by atoms with Gasteiger partial charge in [-0.2, -0.15) is 0 Å². The zero-order chi connectivity index (χ0) is 14.7. The smallest absolute Gasteiger partial charge is 0.161 e. The lowest BCUT2D eigenvalue weighted by molar-refractivity contribution is 0.247. The molecule has 0 amide bonds. The van der Waals surface area contributed by atoms with Gasteiger partial charge in [-0.1, -0.05) is 13.0 Å². The number of hydrogen-bond donors (Lipinski definition) is 1. The fourth-order valence-electron chi connectivity index (χ4n) is 2.92. The Bertz CT molecular complexity index is 474. The van der Waals surface area contributed by atoms with Crippen LogP contribution in [0, 0.1) is 0 Å². The first kappa shape index (κ1) is 14.7. The van der Waals surface area contributed by atoms with Crippen LogP contribution in [0.15, 0.2) is 18.2 Å². The highest BCUT2D eigenvalue weighted by molar-refractivity contribution is 5.44. The molecule has 4 heteroatoms. The molecule has 2 aliphatic rings. The van der Waals surface area contributed by atoms with Crippen LogP contribution in [0.25, 0.3) is 0 Å². The number of hydrogen-bond acceptors (Lipinski definition) is 4. The van der Waals surface area contributed by atoms with Crippen molar-refractivity contribution in [3.05, 3.63) is 23.8 Å². The van der Waals surface area contributed by atoms with Crippen molar-refractivity contribution in [2.45, 2.75) is 44.7 Å². The normalized spacial score (nSPS) is 19.4. The molecule has 0 bridgehead atoms. The van der Waals surface area contributed by atoms with E-state index in [0.717, 1.165) is 55.8 Å². The van der Waals surface area contributed by atoms with E-state index in [1.807, 2.05) is 6.07 Å². The Morgan fingerprint density at radius 2 is 2.00 bits per heavy atom. The van der Waals surface area contributed by atoms with Crippen LogP contribution in [-0.4, -0.2) is 37.2 Å². The minimum absolute atomic E-state index is 0.0364. The summed E-state index contributed by atoms with van der Waals surface area (Å²) in [5, 5.41) is 0. The lowest BCUT2D eigenvalue weighted by Gasteiger charge is -2.25. The van der Waals surface area contributed by atoms with Gasteiger partial charge in [0.25, 0.3) is 0 Å². The van der Waals surface area contributed by atoms with E-state index in [2.05, 4.69) is 24.0 Å². The van der Waals surface area contributed by atoms with Crippen molar-refractivity contribution in [1.29, 1.82) is 0 Å². The van der Waals surface area contributed by atoms with Crippen molar-refractivity contribution in [2.75, 3.05) is 26.3 Å². The third-order valence-corrected chi connectivity index (χ3v) is 4.21. The molecule has 1 aliphatic carbocycles. The van der Waals surface area contributed by atoms with Gasteiger partial charge in [0.2, 0.25) is 0 Å². The monoisotopic (exact) mass is 290 g/mol. The second kappa shape index (κ2) is 6.67. The number of ether oxygens (including phenoxy) is 2. The lowest BCUT2D eigenvalue weighted by atomic mass is 10.1. The Balaban J connectivity index is 1.68. The van der Waals surface area contributed by atoms with E-state index >= 15 is 0 Å². The first-order valence-corrected chi connectivity index (χ1v) is 8.17. The maximum Gasteiger partial charge on any atom is 0.161 e. The van der Waals surface area contributed by atoms with Crippen molar-refractivity contribution >= 4 is 0 Å². The number of benzene rings is 1. The molecule has 4 nitrogen and oxygen atoms in total. The predicted molar refractivity (Wildman–Crippen MR) is 83.9 cm³/mol. The van der Waals surface area contributed by atoms with E-state index < -0.39 is 0 Å². The molecule has 21 heavy (non-hydrogen) atoms. The van der Waals surface area contributed by atoms with Crippen molar-refractivity contribution < 1.29 is 9.47 Å². The zero-order valence-corrected chi connectivity index (χ0v) is 12.9. The summed E-state index contributed by atoms with van der Waals surface area (Å²) in [5.74, 6) is 1.69. The molecular formula is C17H26N2O2. The highest BCUT2D eigenvalue weighted by Gasteiger charge is 2.29. The molecule has 0 spiro atoms. The van der Waals surface area contributed by atoms with Gasteiger partial charge in [-0.25, -0.2) is 0 Å². The lowest BCUT2D eigenvalue weighted by Crippen LogP contribution is -2.34. The Hall–Kier alpha value is -1.26. The Morgan fingerprint density at radius 3 is 2.71 bits per heavy atom. The molecule has 1 aromatic rings.